The Bertz CT molecular complexity index is 1680. The smallest absolute Gasteiger partial charge is 0.410 e. The summed E-state index contributed by atoms with van der Waals surface area (Å²) in [5.74, 6) is 0.487. The van der Waals surface area contributed by atoms with Crippen LogP contribution in [-0.2, 0) is 4.74 Å². The van der Waals surface area contributed by atoms with E-state index in [4.69, 9.17) is 25.8 Å². The second-order valence-electron chi connectivity index (χ2n) is 10.9. The molecule has 2 aliphatic heterocycles. The number of anilines is 1. The molecule has 1 fully saturated rings. The Morgan fingerprint density at radius 2 is 1.88 bits per heavy atom. The minimum absolute atomic E-state index is 0.0850. The first kappa shape index (κ1) is 26.2. The van der Waals surface area contributed by atoms with Gasteiger partial charge < -0.3 is 24.0 Å². The summed E-state index contributed by atoms with van der Waals surface area (Å²) in [6, 6.07) is 3.41. The van der Waals surface area contributed by atoms with E-state index in [1.165, 1.54) is 19.8 Å². The zero-order valence-electron chi connectivity index (χ0n) is 22.8. The summed E-state index contributed by atoms with van der Waals surface area (Å²) in [5.41, 5.74) is 1.43. The molecule has 0 bridgehead atoms. The van der Waals surface area contributed by atoms with Crippen LogP contribution in [0.1, 0.15) is 26.3 Å². The molecule has 0 unspecified atom stereocenters. The fourth-order valence-electron chi connectivity index (χ4n) is 5.42. The summed E-state index contributed by atoms with van der Waals surface area (Å²) in [6.07, 6.45) is 2.34. The molecule has 4 heterocycles. The molecule has 0 saturated carbocycles. The van der Waals surface area contributed by atoms with E-state index in [0.29, 0.717) is 53.2 Å². The van der Waals surface area contributed by atoms with Gasteiger partial charge in [-0.1, -0.05) is 17.7 Å². The zero-order valence-corrected chi connectivity index (χ0v) is 23.5. The third kappa shape index (κ3) is 4.19. The summed E-state index contributed by atoms with van der Waals surface area (Å²) in [4.78, 5) is 33.9. The number of amides is 1. The molecule has 1 saturated heterocycles. The highest BCUT2D eigenvalue weighted by Gasteiger charge is 2.38. The average Bonchev–Trinajstić information content (AvgIpc) is 3.09. The van der Waals surface area contributed by atoms with Crippen molar-refractivity contribution in [3.8, 4) is 22.8 Å². The van der Waals surface area contributed by atoms with Crippen molar-refractivity contribution >= 4 is 45.3 Å². The molecule has 0 radical (unpaired) electrons. The summed E-state index contributed by atoms with van der Waals surface area (Å²) < 4.78 is 34.0. The van der Waals surface area contributed by atoms with Crippen LogP contribution in [0, 0.1) is 12.7 Å². The second kappa shape index (κ2) is 9.58. The number of benzene rings is 2. The van der Waals surface area contributed by atoms with Crippen molar-refractivity contribution in [1.82, 2.24) is 24.8 Å². The number of nitrogens with zero attached hydrogens (tertiary/aromatic N) is 6. The van der Waals surface area contributed by atoms with E-state index in [1.807, 2.05) is 44.7 Å². The highest BCUT2D eigenvalue weighted by Crippen LogP contribution is 2.50. The van der Waals surface area contributed by atoms with E-state index in [9.17, 15) is 4.79 Å². The van der Waals surface area contributed by atoms with Crippen LogP contribution in [0.2, 0.25) is 5.02 Å². The number of halogens is 2. The van der Waals surface area contributed by atoms with Gasteiger partial charge in [0.15, 0.2) is 11.6 Å². The number of hydrogen-bond acceptors (Lipinski definition) is 9. The Morgan fingerprint density at radius 1 is 1.10 bits per heavy atom. The van der Waals surface area contributed by atoms with Crippen molar-refractivity contribution in [2.24, 2.45) is 0 Å². The highest BCUT2D eigenvalue weighted by atomic mass is 35.5. The third-order valence-corrected chi connectivity index (χ3v) is 7.51. The number of carbonyl (C=O) groups is 1. The monoisotopic (exact) mass is 566 g/mol. The van der Waals surface area contributed by atoms with Crippen molar-refractivity contribution < 1.29 is 23.4 Å². The molecular formula is C28H28ClFN6O4. The normalized spacial score (nSPS) is 16.9. The average molecular weight is 567 g/mol. The number of methoxy groups -OCH3 is 1. The first-order valence-electron chi connectivity index (χ1n) is 12.9. The first-order valence-corrected chi connectivity index (χ1v) is 13.3. The van der Waals surface area contributed by atoms with Gasteiger partial charge >= 0.3 is 6.09 Å². The number of aryl methyl sites for hydroxylation is 1. The maximum absolute atomic E-state index is 16.6. The Morgan fingerprint density at radius 3 is 2.62 bits per heavy atom. The van der Waals surface area contributed by atoms with Crippen molar-refractivity contribution in [1.29, 1.82) is 0 Å². The van der Waals surface area contributed by atoms with Crippen molar-refractivity contribution in [2.75, 3.05) is 38.3 Å². The van der Waals surface area contributed by atoms with Gasteiger partial charge in [-0.15, -0.1) is 0 Å². The van der Waals surface area contributed by atoms with E-state index >= 15 is 4.39 Å². The van der Waals surface area contributed by atoms with Gasteiger partial charge in [0.05, 0.1) is 34.5 Å². The molecule has 2 aliphatic rings. The van der Waals surface area contributed by atoms with Gasteiger partial charge in [-0.2, -0.15) is 0 Å². The molecule has 208 valence electrons. The van der Waals surface area contributed by atoms with Gasteiger partial charge in [0.1, 0.15) is 36.2 Å². The maximum Gasteiger partial charge on any atom is 0.410 e. The molecule has 0 N–H and O–H groups in total. The Labute approximate surface area is 235 Å². The largest absolute Gasteiger partial charge is 0.489 e. The van der Waals surface area contributed by atoms with Crippen LogP contribution in [0.25, 0.3) is 32.9 Å². The molecule has 1 amide bonds. The van der Waals surface area contributed by atoms with Gasteiger partial charge in [-0.3, -0.25) is 0 Å². The summed E-state index contributed by atoms with van der Waals surface area (Å²) in [7, 11) is 1.50. The molecular weight excluding hydrogens is 539 g/mol. The third-order valence-electron chi connectivity index (χ3n) is 7.15. The van der Waals surface area contributed by atoms with Gasteiger partial charge in [0.25, 0.3) is 0 Å². The van der Waals surface area contributed by atoms with Gasteiger partial charge in [-0.25, -0.2) is 29.1 Å². The van der Waals surface area contributed by atoms with Crippen molar-refractivity contribution in [3.63, 3.8) is 0 Å². The number of rotatable bonds is 2. The fraction of sp³-hybridized carbons (Fsp3) is 0.393. The Balaban J connectivity index is 1.50. The van der Waals surface area contributed by atoms with E-state index < -0.39 is 17.5 Å². The van der Waals surface area contributed by atoms with Crippen LogP contribution in [0.4, 0.5) is 15.0 Å². The molecule has 40 heavy (non-hydrogen) atoms. The van der Waals surface area contributed by atoms with Crippen LogP contribution in [0.3, 0.4) is 0 Å². The topological polar surface area (TPSA) is 103 Å². The molecule has 0 spiro atoms. The van der Waals surface area contributed by atoms with Gasteiger partial charge in [0, 0.05) is 30.8 Å². The molecule has 12 heteroatoms. The SMILES string of the molecule is COc1ncnc2ccc(C)c(-c3c(Cl)c4c5c(ncnc5c3F)N3CCN(C(=O)OC(C)(C)C)C[C@H]3CO4)c12. The number of hydrogen-bond donors (Lipinski definition) is 0. The summed E-state index contributed by atoms with van der Waals surface area (Å²) >= 11 is 7.02. The second-order valence-corrected chi connectivity index (χ2v) is 11.3. The Kier molecular flexibility index (Phi) is 6.29. The standard InChI is InChI=1S/C28H28ClFN6O4/c1-14-6-7-16-18(26(38-5)34-12-31-16)17(14)19-21(29)24-20-23(22(19)30)32-13-33-25(20)36-9-8-35(10-15(36)11-39-24)27(37)40-28(2,3)4/h6-7,12-13,15H,8-11H2,1-5H3/t15-/m0/s1. The number of aromatic nitrogens is 4. The summed E-state index contributed by atoms with van der Waals surface area (Å²) in [5, 5.41) is 1.01. The van der Waals surface area contributed by atoms with E-state index in [-0.39, 0.29) is 34.5 Å². The molecule has 2 aromatic carbocycles. The minimum atomic E-state index is -0.613. The maximum atomic E-state index is 16.6. The lowest BCUT2D eigenvalue weighted by atomic mass is 9.94. The number of fused-ring (bicyclic) bond motifs is 3. The number of piperazine rings is 1. The van der Waals surface area contributed by atoms with E-state index in [0.717, 1.165) is 5.56 Å². The lowest BCUT2D eigenvalue weighted by molar-refractivity contribution is 0.0202. The molecule has 2 aromatic heterocycles. The lowest BCUT2D eigenvalue weighted by Crippen LogP contribution is -2.57. The van der Waals surface area contributed by atoms with Crippen LogP contribution in [0.15, 0.2) is 24.8 Å². The minimum Gasteiger partial charge on any atom is -0.489 e. The quantitative estimate of drug-likeness (QED) is 0.325. The van der Waals surface area contributed by atoms with E-state index in [2.05, 4.69) is 19.9 Å². The van der Waals surface area contributed by atoms with Crippen LogP contribution in [-0.4, -0.2) is 75.9 Å². The van der Waals surface area contributed by atoms with Crippen LogP contribution < -0.4 is 14.4 Å². The molecule has 0 aliphatic carbocycles. The number of carbonyl (C=O) groups excluding carboxylic acids is 1. The van der Waals surface area contributed by atoms with E-state index in [1.54, 1.807) is 4.90 Å². The predicted octanol–water partition coefficient (Wildman–Crippen LogP) is 5.17. The molecule has 4 aromatic rings. The molecule has 10 nitrogen and oxygen atoms in total. The Hall–Kier alpha value is -3.99. The van der Waals surface area contributed by atoms with Crippen LogP contribution in [0.5, 0.6) is 11.6 Å². The molecule has 6 rings (SSSR count). The predicted molar refractivity (Wildman–Crippen MR) is 149 cm³/mol. The van der Waals surface area contributed by atoms with Crippen molar-refractivity contribution in [2.45, 2.75) is 39.3 Å². The van der Waals surface area contributed by atoms with Crippen molar-refractivity contribution in [3.05, 3.63) is 41.2 Å². The lowest BCUT2D eigenvalue weighted by Gasteiger charge is -2.41. The number of ether oxygens (including phenoxy) is 3. The fourth-order valence-corrected chi connectivity index (χ4v) is 5.74. The van der Waals surface area contributed by atoms with Crippen LogP contribution >= 0.6 is 11.6 Å². The highest BCUT2D eigenvalue weighted by molar-refractivity contribution is 6.37. The summed E-state index contributed by atoms with van der Waals surface area (Å²) in [6.45, 7) is 8.75. The van der Waals surface area contributed by atoms with Gasteiger partial charge in [-0.05, 0) is 39.3 Å². The first-order chi connectivity index (χ1) is 19.1. The van der Waals surface area contributed by atoms with Gasteiger partial charge in [0.2, 0.25) is 5.88 Å². The molecule has 1 atom stereocenters. The zero-order chi connectivity index (χ0) is 28.3.